The Morgan fingerprint density at radius 2 is 2.03 bits per heavy atom. The number of amidine groups is 1. The predicted molar refractivity (Wildman–Crippen MR) is 112 cm³/mol. The zero-order valence-electron chi connectivity index (χ0n) is 15.9. The summed E-state index contributed by atoms with van der Waals surface area (Å²) in [4.78, 5) is 23.2. The summed E-state index contributed by atoms with van der Waals surface area (Å²) < 4.78 is 15.9. The molecule has 0 unspecified atom stereocenters. The second-order valence-corrected chi connectivity index (χ2v) is 7.72. The molecule has 1 aromatic carbocycles. The number of rotatable bonds is 6. The molecule has 2 aliphatic rings. The molecule has 1 aliphatic carbocycles. The lowest BCUT2D eigenvalue weighted by molar-refractivity contribution is -0.135. The van der Waals surface area contributed by atoms with Crippen molar-refractivity contribution < 1.29 is 23.8 Å². The van der Waals surface area contributed by atoms with E-state index < -0.39 is 11.9 Å². The van der Waals surface area contributed by atoms with E-state index in [0.29, 0.717) is 22.1 Å². The van der Waals surface area contributed by atoms with Crippen LogP contribution in [-0.2, 0) is 14.3 Å². The Morgan fingerprint density at radius 1 is 1.28 bits per heavy atom. The summed E-state index contributed by atoms with van der Waals surface area (Å²) in [5.41, 5.74) is 0.589. The summed E-state index contributed by atoms with van der Waals surface area (Å²) in [5, 5.41) is 11.1. The summed E-state index contributed by atoms with van der Waals surface area (Å²) in [6, 6.07) is 3.43. The van der Waals surface area contributed by atoms with Gasteiger partial charge in [0.05, 0.1) is 36.5 Å². The van der Waals surface area contributed by atoms with Crippen LogP contribution in [0.4, 0.5) is 0 Å². The van der Waals surface area contributed by atoms with E-state index in [-0.39, 0.29) is 16.2 Å². The fraction of sp³-hybridized carbons (Fsp3) is 0.368. The number of benzene rings is 1. The van der Waals surface area contributed by atoms with Crippen molar-refractivity contribution in [2.45, 2.75) is 31.8 Å². The number of carbonyl (C=O) groups is 2. The number of nitrogens with zero attached hydrogens (tertiary/aromatic N) is 2. The van der Waals surface area contributed by atoms with Crippen molar-refractivity contribution in [2.24, 2.45) is 10.2 Å². The Morgan fingerprint density at radius 3 is 2.72 bits per heavy atom. The van der Waals surface area contributed by atoms with Gasteiger partial charge in [-0.25, -0.2) is 4.79 Å². The summed E-state index contributed by atoms with van der Waals surface area (Å²) in [6.07, 6.45) is 7.10. The largest absolute Gasteiger partial charge is 0.493 e. The van der Waals surface area contributed by atoms with Crippen molar-refractivity contribution in [1.29, 1.82) is 0 Å². The maximum atomic E-state index is 11.8. The van der Waals surface area contributed by atoms with E-state index in [1.54, 1.807) is 19.2 Å². The van der Waals surface area contributed by atoms with Crippen molar-refractivity contribution in [3.63, 3.8) is 0 Å². The van der Waals surface area contributed by atoms with Crippen LogP contribution in [0, 0.1) is 0 Å². The highest BCUT2D eigenvalue weighted by Gasteiger charge is 2.25. The SMILES string of the molecule is COC(=O)/C=C1/S/C(=N\N=Cc2cc(OC)c(OC3CCCC3)cc2Cl)NC1=O. The molecule has 0 spiro atoms. The van der Waals surface area contributed by atoms with Crippen molar-refractivity contribution in [3.8, 4) is 11.5 Å². The number of thioether (sulfide) groups is 1. The van der Waals surface area contributed by atoms with E-state index in [0.717, 1.165) is 43.5 Å². The fourth-order valence-corrected chi connectivity index (χ4v) is 3.81. The number of hydrogen-bond acceptors (Lipinski definition) is 8. The van der Waals surface area contributed by atoms with Gasteiger partial charge in [-0.05, 0) is 43.5 Å². The van der Waals surface area contributed by atoms with E-state index in [1.165, 1.54) is 13.3 Å². The molecule has 1 saturated heterocycles. The Labute approximate surface area is 177 Å². The minimum absolute atomic E-state index is 0.180. The number of hydrogen-bond donors (Lipinski definition) is 1. The maximum absolute atomic E-state index is 11.8. The van der Waals surface area contributed by atoms with Crippen LogP contribution in [-0.4, -0.2) is 43.6 Å². The van der Waals surface area contributed by atoms with E-state index >= 15 is 0 Å². The van der Waals surface area contributed by atoms with E-state index in [1.807, 2.05) is 0 Å². The number of carbonyl (C=O) groups excluding carboxylic acids is 2. The van der Waals surface area contributed by atoms with Gasteiger partial charge in [-0.3, -0.25) is 10.1 Å². The number of methoxy groups -OCH3 is 2. The summed E-state index contributed by atoms with van der Waals surface area (Å²) >= 11 is 7.34. The van der Waals surface area contributed by atoms with Gasteiger partial charge in [0.1, 0.15) is 0 Å². The number of esters is 1. The quantitative estimate of drug-likeness (QED) is 0.317. The minimum atomic E-state index is -0.619. The van der Waals surface area contributed by atoms with Gasteiger partial charge in [0.15, 0.2) is 16.7 Å². The van der Waals surface area contributed by atoms with Crippen LogP contribution < -0.4 is 14.8 Å². The first kappa shape index (κ1) is 21.2. The van der Waals surface area contributed by atoms with Crippen LogP contribution in [0.25, 0.3) is 0 Å². The van der Waals surface area contributed by atoms with Crippen molar-refractivity contribution in [3.05, 3.63) is 33.7 Å². The van der Waals surface area contributed by atoms with Crippen molar-refractivity contribution in [1.82, 2.24) is 5.32 Å². The van der Waals surface area contributed by atoms with Crippen LogP contribution in [0.5, 0.6) is 11.5 Å². The van der Waals surface area contributed by atoms with E-state index in [9.17, 15) is 9.59 Å². The van der Waals surface area contributed by atoms with Gasteiger partial charge in [-0.1, -0.05) is 11.6 Å². The second kappa shape index (κ2) is 9.80. The molecule has 1 aromatic rings. The fourth-order valence-electron chi connectivity index (χ4n) is 2.87. The van der Waals surface area contributed by atoms with Gasteiger partial charge in [0, 0.05) is 17.7 Å². The molecule has 0 radical (unpaired) electrons. The molecule has 154 valence electrons. The predicted octanol–water partition coefficient (Wildman–Crippen LogP) is 3.28. The third-order valence-electron chi connectivity index (χ3n) is 4.33. The van der Waals surface area contributed by atoms with Crippen molar-refractivity contribution in [2.75, 3.05) is 14.2 Å². The lowest BCUT2D eigenvalue weighted by atomic mass is 10.2. The highest BCUT2D eigenvalue weighted by Crippen LogP contribution is 2.35. The lowest BCUT2D eigenvalue weighted by Crippen LogP contribution is -2.19. The molecule has 1 heterocycles. The molecule has 0 bridgehead atoms. The van der Waals surface area contributed by atoms with Crippen LogP contribution >= 0.6 is 23.4 Å². The summed E-state index contributed by atoms with van der Waals surface area (Å²) in [7, 11) is 2.80. The summed E-state index contributed by atoms with van der Waals surface area (Å²) in [5.74, 6) is 0.0972. The zero-order chi connectivity index (χ0) is 20.8. The Balaban J connectivity index is 1.72. The third-order valence-corrected chi connectivity index (χ3v) is 5.55. The molecule has 3 rings (SSSR count). The van der Waals surface area contributed by atoms with Gasteiger partial charge < -0.3 is 14.2 Å². The van der Waals surface area contributed by atoms with Crippen LogP contribution in [0.2, 0.25) is 5.02 Å². The molecular formula is C19H20ClN3O5S. The number of amides is 1. The average Bonchev–Trinajstić information content (AvgIpc) is 3.33. The van der Waals surface area contributed by atoms with Gasteiger partial charge in [-0.2, -0.15) is 5.10 Å². The zero-order valence-corrected chi connectivity index (χ0v) is 17.5. The molecule has 8 nitrogen and oxygen atoms in total. The summed E-state index contributed by atoms with van der Waals surface area (Å²) in [6.45, 7) is 0. The first-order valence-electron chi connectivity index (χ1n) is 8.94. The molecule has 0 atom stereocenters. The molecule has 0 aromatic heterocycles. The molecule has 2 fully saturated rings. The minimum Gasteiger partial charge on any atom is -0.493 e. The maximum Gasteiger partial charge on any atom is 0.331 e. The standard InChI is InChI=1S/C19H20ClN3O5S/c1-26-14-7-11(13(20)8-15(14)28-12-5-3-4-6-12)10-21-23-19-22-18(25)16(29-19)9-17(24)27-2/h7-10,12H,3-6H2,1-2H3,(H,22,23,25)/b16-9+,21-10?. The number of halogens is 1. The lowest BCUT2D eigenvalue weighted by Gasteiger charge is -2.16. The van der Waals surface area contributed by atoms with Gasteiger partial charge in [-0.15, -0.1) is 5.10 Å². The highest BCUT2D eigenvalue weighted by atomic mass is 35.5. The van der Waals surface area contributed by atoms with Crippen LogP contribution in [0.1, 0.15) is 31.2 Å². The van der Waals surface area contributed by atoms with Gasteiger partial charge in [0.2, 0.25) is 0 Å². The first-order valence-corrected chi connectivity index (χ1v) is 10.1. The molecule has 1 N–H and O–H groups in total. The molecule has 1 amide bonds. The normalized spacial score (nSPS) is 19.9. The van der Waals surface area contributed by atoms with Gasteiger partial charge >= 0.3 is 5.97 Å². The highest BCUT2D eigenvalue weighted by molar-refractivity contribution is 8.18. The molecule has 10 heteroatoms. The molecule has 1 aliphatic heterocycles. The van der Waals surface area contributed by atoms with E-state index in [2.05, 4.69) is 20.3 Å². The van der Waals surface area contributed by atoms with Crippen molar-refractivity contribution >= 4 is 46.6 Å². The Bertz CT molecular complexity index is 894. The second-order valence-electron chi connectivity index (χ2n) is 6.29. The Hall–Kier alpha value is -2.52. The number of nitrogens with one attached hydrogen (secondary N) is 1. The first-order chi connectivity index (χ1) is 14.0. The van der Waals surface area contributed by atoms with E-state index in [4.69, 9.17) is 21.1 Å². The molecule has 29 heavy (non-hydrogen) atoms. The van der Waals surface area contributed by atoms with Crippen LogP contribution in [0.3, 0.4) is 0 Å². The number of ether oxygens (including phenoxy) is 3. The molecule has 1 saturated carbocycles. The third kappa shape index (κ3) is 5.51. The van der Waals surface area contributed by atoms with Crippen LogP contribution in [0.15, 0.2) is 33.3 Å². The smallest absolute Gasteiger partial charge is 0.331 e. The monoisotopic (exact) mass is 437 g/mol. The Kier molecular flexibility index (Phi) is 7.16. The topological polar surface area (TPSA) is 98.6 Å². The molecular weight excluding hydrogens is 418 g/mol. The van der Waals surface area contributed by atoms with Gasteiger partial charge in [0.25, 0.3) is 5.91 Å². The average molecular weight is 438 g/mol.